The number of aliphatic carboxylic acids is 1. The van der Waals surface area contributed by atoms with Gasteiger partial charge in [-0.1, -0.05) is 6.07 Å². The molecule has 0 saturated carbocycles. The number of amides is 1. The van der Waals surface area contributed by atoms with Gasteiger partial charge in [0.1, 0.15) is 24.8 Å². The molecule has 2 aromatic rings. The van der Waals surface area contributed by atoms with Crippen LogP contribution in [0.3, 0.4) is 0 Å². The molecule has 1 amide bonds. The first-order valence-electron chi connectivity index (χ1n) is 7.24. The number of ether oxygens (including phenoxy) is 1. The van der Waals surface area contributed by atoms with E-state index >= 15 is 0 Å². The minimum atomic E-state index is -0.991. The molecule has 3 rings (SSSR count). The second kappa shape index (κ2) is 5.75. The normalized spacial score (nSPS) is 15.8. The van der Waals surface area contributed by atoms with Gasteiger partial charge < -0.3 is 15.2 Å². The molecule has 1 atom stereocenters. The number of aromatic nitrogens is 2. The zero-order chi connectivity index (χ0) is 16.6. The SMILES string of the molecule is Cc1cc2c(cc1C)[C@@H](C(=O)Nc1ccn(CC(=O)O)n1)CO2. The first-order valence-corrected chi connectivity index (χ1v) is 7.24. The number of hydrogen-bond acceptors (Lipinski definition) is 4. The lowest BCUT2D eigenvalue weighted by atomic mass is 9.96. The van der Waals surface area contributed by atoms with Crippen molar-refractivity contribution in [2.75, 3.05) is 11.9 Å². The van der Waals surface area contributed by atoms with E-state index in [2.05, 4.69) is 10.4 Å². The predicted octanol–water partition coefficient (Wildman–Crippen LogP) is 1.70. The van der Waals surface area contributed by atoms with Gasteiger partial charge >= 0.3 is 5.97 Å². The van der Waals surface area contributed by atoms with E-state index in [-0.39, 0.29) is 12.5 Å². The lowest BCUT2D eigenvalue weighted by Crippen LogP contribution is -2.22. The molecule has 0 fully saturated rings. The number of anilines is 1. The van der Waals surface area contributed by atoms with Crippen molar-refractivity contribution in [3.63, 3.8) is 0 Å². The highest BCUT2D eigenvalue weighted by molar-refractivity contribution is 5.96. The topological polar surface area (TPSA) is 93.5 Å². The van der Waals surface area contributed by atoms with E-state index in [0.717, 1.165) is 22.4 Å². The van der Waals surface area contributed by atoms with E-state index < -0.39 is 11.9 Å². The quantitative estimate of drug-likeness (QED) is 0.895. The highest BCUT2D eigenvalue weighted by Crippen LogP contribution is 2.36. The van der Waals surface area contributed by atoms with Crippen molar-refractivity contribution in [3.05, 3.63) is 41.1 Å². The molecule has 0 spiro atoms. The average Bonchev–Trinajstić information content (AvgIpc) is 3.06. The Morgan fingerprint density at radius 3 is 2.87 bits per heavy atom. The van der Waals surface area contributed by atoms with Crippen LogP contribution >= 0.6 is 0 Å². The van der Waals surface area contributed by atoms with Crippen LogP contribution in [0.5, 0.6) is 5.75 Å². The molecule has 1 aliphatic rings. The first kappa shape index (κ1) is 15.1. The van der Waals surface area contributed by atoms with Gasteiger partial charge in [0.15, 0.2) is 5.82 Å². The minimum Gasteiger partial charge on any atom is -0.492 e. The van der Waals surface area contributed by atoms with E-state index in [1.165, 1.54) is 10.9 Å². The molecule has 7 heteroatoms. The number of nitrogens with one attached hydrogen (secondary N) is 1. The lowest BCUT2D eigenvalue weighted by Gasteiger charge is -2.09. The summed E-state index contributed by atoms with van der Waals surface area (Å²) in [4.78, 5) is 23.1. The maximum absolute atomic E-state index is 12.4. The van der Waals surface area contributed by atoms with Crippen LogP contribution in [-0.2, 0) is 16.1 Å². The van der Waals surface area contributed by atoms with Crippen molar-refractivity contribution < 1.29 is 19.4 Å². The molecular weight excluding hydrogens is 298 g/mol. The van der Waals surface area contributed by atoms with E-state index in [4.69, 9.17) is 9.84 Å². The molecule has 2 heterocycles. The van der Waals surface area contributed by atoms with Gasteiger partial charge in [0.05, 0.1) is 0 Å². The first-order chi connectivity index (χ1) is 10.9. The Morgan fingerprint density at radius 2 is 2.13 bits per heavy atom. The summed E-state index contributed by atoms with van der Waals surface area (Å²) in [5, 5.41) is 15.4. The number of rotatable bonds is 4. The van der Waals surface area contributed by atoms with Crippen LogP contribution in [0.25, 0.3) is 0 Å². The molecule has 1 aliphatic heterocycles. The maximum atomic E-state index is 12.4. The zero-order valence-electron chi connectivity index (χ0n) is 12.9. The van der Waals surface area contributed by atoms with Crippen molar-refractivity contribution >= 4 is 17.7 Å². The van der Waals surface area contributed by atoms with Crippen molar-refractivity contribution in [2.45, 2.75) is 26.3 Å². The fraction of sp³-hybridized carbons (Fsp3) is 0.312. The van der Waals surface area contributed by atoms with E-state index in [1.807, 2.05) is 26.0 Å². The summed E-state index contributed by atoms with van der Waals surface area (Å²) in [7, 11) is 0. The van der Waals surface area contributed by atoms with Crippen molar-refractivity contribution in [3.8, 4) is 5.75 Å². The molecule has 1 aromatic carbocycles. The van der Waals surface area contributed by atoms with Crippen molar-refractivity contribution in [1.29, 1.82) is 0 Å². The Kier molecular flexibility index (Phi) is 3.77. The Morgan fingerprint density at radius 1 is 1.39 bits per heavy atom. The van der Waals surface area contributed by atoms with Crippen LogP contribution in [0.2, 0.25) is 0 Å². The number of aryl methyl sites for hydroxylation is 2. The Bertz CT molecular complexity index is 782. The van der Waals surface area contributed by atoms with Crippen LogP contribution in [0, 0.1) is 13.8 Å². The molecular formula is C16H17N3O4. The van der Waals surface area contributed by atoms with E-state index in [1.54, 1.807) is 6.07 Å². The number of carbonyl (C=O) groups is 2. The number of nitrogens with zero attached hydrogens (tertiary/aromatic N) is 2. The van der Waals surface area contributed by atoms with Gasteiger partial charge in [0.25, 0.3) is 0 Å². The second-order valence-corrected chi connectivity index (χ2v) is 5.62. The number of carboxylic acids is 1. The molecule has 120 valence electrons. The van der Waals surface area contributed by atoms with Crippen LogP contribution in [0.15, 0.2) is 24.4 Å². The molecule has 0 unspecified atom stereocenters. The smallest absolute Gasteiger partial charge is 0.325 e. The molecule has 7 nitrogen and oxygen atoms in total. The molecule has 0 radical (unpaired) electrons. The third-order valence-corrected chi connectivity index (χ3v) is 3.91. The zero-order valence-corrected chi connectivity index (χ0v) is 12.9. The summed E-state index contributed by atoms with van der Waals surface area (Å²) >= 11 is 0. The number of fused-ring (bicyclic) bond motifs is 1. The molecule has 0 aliphatic carbocycles. The molecule has 23 heavy (non-hydrogen) atoms. The summed E-state index contributed by atoms with van der Waals surface area (Å²) in [6.45, 7) is 4.04. The largest absolute Gasteiger partial charge is 0.492 e. The highest BCUT2D eigenvalue weighted by Gasteiger charge is 2.31. The van der Waals surface area contributed by atoms with Crippen molar-refractivity contribution in [1.82, 2.24) is 9.78 Å². The number of hydrogen-bond donors (Lipinski definition) is 2. The standard InChI is InChI=1S/C16H17N3O4/c1-9-5-11-12(8-23-13(11)6-10(9)2)16(22)17-14-3-4-19(18-14)7-15(20)21/h3-6,12H,7-8H2,1-2H3,(H,20,21)(H,17,18,22)/t12-/m0/s1. The van der Waals surface area contributed by atoms with Crippen LogP contribution in [0.4, 0.5) is 5.82 Å². The summed E-state index contributed by atoms with van der Waals surface area (Å²) in [6.07, 6.45) is 1.51. The highest BCUT2D eigenvalue weighted by atomic mass is 16.5. The van der Waals surface area contributed by atoms with E-state index in [9.17, 15) is 9.59 Å². The van der Waals surface area contributed by atoms with Gasteiger partial charge in [-0.05, 0) is 31.0 Å². The molecule has 1 aromatic heterocycles. The van der Waals surface area contributed by atoms with Gasteiger partial charge in [-0.3, -0.25) is 14.3 Å². The minimum absolute atomic E-state index is 0.215. The fourth-order valence-electron chi connectivity index (χ4n) is 2.56. The Hall–Kier alpha value is -2.83. The predicted molar refractivity (Wildman–Crippen MR) is 82.6 cm³/mol. The fourth-order valence-corrected chi connectivity index (χ4v) is 2.56. The van der Waals surface area contributed by atoms with Gasteiger partial charge in [-0.25, -0.2) is 0 Å². The van der Waals surface area contributed by atoms with Gasteiger partial charge in [-0.2, -0.15) is 5.10 Å². The summed E-state index contributed by atoms with van der Waals surface area (Å²) in [6, 6.07) is 5.49. The lowest BCUT2D eigenvalue weighted by molar-refractivity contribution is -0.137. The van der Waals surface area contributed by atoms with Crippen LogP contribution < -0.4 is 10.1 Å². The Balaban J connectivity index is 1.74. The van der Waals surface area contributed by atoms with Gasteiger partial charge in [0, 0.05) is 17.8 Å². The molecule has 2 N–H and O–H groups in total. The van der Waals surface area contributed by atoms with E-state index in [0.29, 0.717) is 12.4 Å². The third kappa shape index (κ3) is 3.03. The van der Waals surface area contributed by atoms with Gasteiger partial charge in [-0.15, -0.1) is 0 Å². The third-order valence-electron chi connectivity index (χ3n) is 3.91. The van der Waals surface area contributed by atoms with Crippen LogP contribution in [-0.4, -0.2) is 33.4 Å². The maximum Gasteiger partial charge on any atom is 0.325 e. The molecule has 0 bridgehead atoms. The molecule has 0 saturated heterocycles. The summed E-state index contributed by atoms with van der Waals surface area (Å²) < 4.78 is 6.85. The van der Waals surface area contributed by atoms with Crippen LogP contribution in [0.1, 0.15) is 22.6 Å². The second-order valence-electron chi connectivity index (χ2n) is 5.62. The Labute approximate surface area is 132 Å². The number of carbonyl (C=O) groups excluding carboxylic acids is 1. The number of carboxylic acid groups (broad SMARTS) is 1. The van der Waals surface area contributed by atoms with Crippen molar-refractivity contribution in [2.24, 2.45) is 0 Å². The average molecular weight is 315 g/mol. The monoisotopic (exact) mass is 315 g/mol. The summed E-state index contributed by atoms with van der Waals surface area (Å²) in [5.74, 6) is -0.533. The number of benzene rings is 1. The van der Waals surface area contributed by atoms with Gasteiger partial charge in [0.2, 0.25) is 5.91 Å². The summed E-state index contributed by atoms with van der Waals surface area (Å²) in [5.41, 5.74) is 3.10.